The van der Waals surface area contributed by atoms with Crippen LogP contribution in [-0.4, -0.2) is 10.1 Å². The van der Waals surface area contributed by atoms with Crippen LogP contribution < -0.4 is 4.87 Å². The molecule has 2 heterocycles. The monoisotopic (exact) mass is 247 g/mol. The molecule has 0 radical (unpaired) electrons. The SMILES string of the molecule is O=c1[nH]c(O)c(Cc2cccc3ccoc23)s1. The van der Waals surface area contributed by atoms with Crippen LogP contribution in [0.3, 0.4) is 0 Å². The van der Waals surface area contributed by atoms with Gasteiger partial charge in [0.25, 0.3) is 0 Å². The molecule has 0 saturated heterocycles. The van der Waals surface area contributed by atoms with Crippen LogP contribution in [0.5, 0.6) is 5.88 Å². The minimum Gasteiger partial charge on any atom is -0.494 e. The lowest BCUT2D eigenvalue weighted by atomic mass is 10.1. The zero-order valence-corrected chi connectivity index (χ0v) is 9.58. The van der Waals surface area contributed by atoms with Gasteiger partial charge in [0, 0.05) is 17.4 Å². The Bertz CT molecular complexity index is 723. The minimum atomic E-state index is -0.246. The first-order valence-electron chi connectivity index (χ1n) is 5.10. The number of para-hydroxylation sites is 1. The van der Waals surface area contributed by atoms with E-state index in [1.54, 1.807) is 6.26 Å². The second-order valence-electron chi connectivity index (χ2n) is 3.72. The molecule has 0 fully saturated rings. The molecule has 0 bridgehead atoms. The van der Waals surface area contributed by atoms with Gasteiger partial charge in [0.15, 0.2) is 0 Å². The zero-order valence-electron chi connectivity index (χ0n) is 8.77. The van der Waals surface area contributed by atoms with Crippen LogP contribution in [-0.2, 0) is 6.42 Å². The molecule has 5 heteroatoms. The van der Waals surface area contributed by atoms with Gasteiger partial charge >= 0.3 is 4.87 Å². The average molecular weight is 247 g/mol. The van der Waals surface area contributed by atoms with Crippen molar-refractivity contribution in [2.45, 2.75) is 6.42 Å². The first kappa shape index (κ1) is 10.2. The lowest BCUT2D eigenvalue weighted by Gasteiger charge is -2.00. The van der Waals surface area contributed by atoms with Crippen molar-refractivity contribution in [2.75, 3.05) is 0 Å². The van der Waals surface area contributed by atoms with E-state index in [9.17, 15) is 9.90 Å². The first-order chi connectivity index (χ1) is 8.24. The van der Waals surface area contributed by atoms with Crippen molar-refractivity contribution in [3.63, 3.8) is 0 Å². The smallest absolute Gasteiger partial charge is 0.307 e. The number of rotatable bonds is 2. The number of aromatic hydroxyl groups is 1. The van der Waals surface area contributed by atoms with Crippen LogP contribution in [0.4, 0.5) is 0 Å². The number of H-pyrrole nitrogens is 1. The molecule has 0 atom stereocenters. The van der Waals surface area contributed by atoms with Crippen molar-refractivity contribution in [1.29, 1.82) is 0 Å². The zero-order chi connectivity index (χ0) is 11.8. The fourth-order valence-electron chi connectivity index (χ4n) is 1.84. The summed E-state index contributed by atoms with van der Waals surface area (Å²) in [4.78, 5) is 13.8. The highest BCUT2D eigenvalue weighted by Gasteiger charge is 2.11. The van der Waals surface area contributed by atoms with Gasteiger partial charge in [-0.3, -0.25) is 9.78 Å². The third-order valence-corrected chi connectivity index (χ3v) is 3.48. The predicted molar refractivity (Wildman–Crippen MR) is 65.6 cm³/mol. The number of fused-ring (bicyclic) bond motifs is 1. The van der Waals surface area contributed by atoms with Crippen molar-refractivity contribution in [1.82, 2.24) is 4.98 Å². The van der Waals surface area contributed by atoms with Crippen LogP contribution in [0.15, 0.2) is 39.7 Å². The Morgan fingerprint density at radius 1 is 1.35 bits per heavy atom. The van der Waals surface area contributed by atoms with Crippen LogP contribution in [0.2, 0.25) is 0 Å². The van der Waals surface area contributed by atoms with Crippen LogP contribution in [0, 0.1) is 0 Å². The van der Waals surface area contributed by atoms with E-state index in [2.05, 4.69) is 4.98 Å². The van der Waals surface area contributed by atoms with E-state index in [1.165, 1.54) is 0 Å². The molecule has 0 aliphatic rings. The number of aromatic amines is 1. The van der Waals surface area contributed by atoms with E-state index in [-0.39, 0.29) is 10.8 Å². The van der Waals surface area contributed by atoms with Gasteiger partial charge in [-0.2, -0.15) is 0 Å². The Hall–Kier alpha value is -2.01. The highest BCUT2D eigenvalue weighted by Crippen LogP contribution is 2.26. The Kier molecular flexibility index (Phi) is 2.26. The van der Waals surface area contributed by atoms with E-state index < -0.39 is 0 Å². The van der Waals surface area contributed by atoms with Crippen LogP contribution in [0.25, 0.3) is 11.0 Å². The van der Waals surface area contributed by atoms with Crippen molar-refractivity contribution in [3.05, 3.63) is 50.6 Å². The summed E-state index contributed by atoms with van der Waals surface area (Å²) < 4.78 is 5.40. The molecule has 0 spiro atoms. The topological polar surface area (TPSA) is 66.2 Å². The quantitative estimate of drug-likeness (QED) is 0.731. The number of nitrogens with one attached hydrogen (secondary N) is 1. The standard InChI is InChI=1S/C12H9NO3S/c14-11-9(17-12(15)13-11)6-8-3-1-2-7-4-5-16-10(7)8/h1-5,14H,6H2,(H,13,15). The maximum absolute atomic E-state index is 11.1. The van der Waals surface area contributed by atoms with Gasteiger partial charge in [-0.15, -0.1) is 0 Å². The molecule has 86 valence electrons. The summed E-state index contributed by atoms with van der Waals surface area (Å²) in [7, 11) is 0. The van der Waals surface area contributed by atoms with Crippen molar-refractivity contribution < 1.29 is 9.52 Å². The molecule has 0 saturated carbocycles. The molecular formula is C12H9NO3S. The average Bonchev–Trinajstić information content (AvgIpc) is 2.87. The summed E-state index contributed by atoms with van der Waals surface area (Å²) in [6, 6.07) is 7.70. The Balaban J connectivity index is 2.08. The van der Waals surface area contributed by atoms with E-state index in [1.807, 2.05) is 24.3 Å². The molecule has 17 heavy (non-hydrogen) atoms. The number of aromatic nitrogens is 1. The molecule has 3 rings (SSSR count). The highest BCUT2D eigenvalue weighted by atomic mass is 32.1. The fourth-order valence-corrected chi connectivity index (χ4v) is 2.59. The summed E-state index contributed by atoms with van der Waals surface area (Å²) in [6.45, 7) is 0. The number of thiazole rings is 1. The second kappa shape index (κ2) is 3.78. The fraction of sp³-hybridized carbons (Fsp3) is 0.0833. The molecule has 0 unspecified atom stereocenters. The third kappa shape index (κ3) is 1.74. The van der Waals surface area contributed by atoms with Gasteiger partial charge in [-0.05, 0) is 6.07 Å². The van der Waals surface area contributed by atoms with Gasteiger partial charge in [-0.1, -0.05) is 29.5 Å². The lowest BCUT2D eigenvalue weighted by Crippen LogP contribution is -1.89. The van der Waals surface area contributed by atoms with E-state index in [4.69, 9.17) is 4.42 Å². The summed E-state index contributed by atoms with van der Waals surface area (Å²) in [5.41, 5.74) is 1.76. The third-order valence-electron chi connectivity index (χ3n) is 2.61. The number of hydrogen-bond acceptors (Lipinski definition) is 4. The summed E-state index contributed by atoms with van der Waals surface area (Å²) in [5.74, 6) is -0.0523. The summed E-state index contributed by atoms with van der Waals surface area (Å²) >= 11 is 1.02. The summed E-state index contributed by atoms with van der Waals surface area (Å²) in [5, 5.41) is 10.6. The second-order valence-corrected chi connectivity index (χ2v) is 4.79. The van der Waals surface area contributed by atoms with Crippen molar-refractivity contribution in [3.8, 4) is 5.88 Å². The maximum atomic E-state index is 11.1. The van der Waals surface area contributed by atoms with E-state index in [0.29, 0.717) is 11.3 Å². The predicted octanol–water partition coefficient (Wildman–Crippen LogP) is 2.48. The number of benzene rings is 1. The Morgan fingerprint density at radius 2 is 2.24 bits per heavy atom. The van der Waals surface area contributed by atoms with Gasteiger partial charge in [0.05, 0.1) is 11.1 Å². The van der Waals surface area contributed by atoms with Gasteiger partial charge < -0.3 is 9.52 Å². The molecule has 4 nitrogen and oxygen atoms in total. The molecule has 2 N–H and O–H groups in total. The van der Waals surface area contributed by atoms with Gasteiger partial charge in [0.2, 0.25) is 5.88 Å². The molecule has 1 aromatic carbocycles. The van der Waals surface area contributed by atoms with E-state index in [0.717, 1.165) is 27.9 Å². The summed E-state index contributed by atoms with van der Waals surface area (Å²) in [6.07, 6.45) is 2.12. The first-order valence-corrected chi connectivity index (χ1v) is 5.92. The van der Waals surface area contributed by atoms with Crippen molar-refractivity contribution in [2.24, 2.45) is 0 Å². The molecule has 0 amide bonds. The molecule has 0 aliphatic heterocycles. The van der Waals surface area contributed by atoms with Gasteiger partial charge in [0.1, 0.15) is 5.58 Å². The molecule has 0 aliphatic carbocycles. The Morgan fingerprint density at radius 3 is 3.00 bits per heavy atom. The normalized spacial score (nSPS) is 11.1. The highest BCUT2D eigenvalue weighted by molar-refractivity contribution is 7.09. The molecule has 3 aromatic rings. The van der Waals surface area contributed by atoms with Crippen LogP contribution in [0.1, 0.15) is 10.4 Å². The van der Waals surface area contributed by atoms with Crippen LogP contribution >= 0.6 is 11.3 Å². The lowest BCUT2D eigenvalue weighted by molar-refractivity contribution is 0.451. The minimum absolute atomic E-state index is 0.0523. The molecular weight excluding hydrogens is 238 g/mol. The van der Waals surface area contributed by atoms with Crippen molar-refractivity contribution >= 4 is 22.3 Å². The maximum Gasteiger partial charge on any atom is 0.307 e. The van der Waals surface area contributed by atoms with E-state index >= 15 is 0 Å². The number of furan rings is 1. The molecule has 2 aromatic heterocycles. The van der Waals surface area contributed by atoms with Gasteiger partial charge in [-0.25, -0.2) is 0 Å². The number of hydrogen-bond donors (Lipinski definition) is 2. The largest absolute Gasteiger partial charge is 0.494 e. The Labute approximate surface area is 100 Å².